The fourth-order valence-corrected chi connectivity index (χ4v) is 2.03. The number of aryl methyl sites for hydroxylation is 1. The van der Waals surface area contributed by atoms with Crippen molar-refractivity contribution in [3.05, 3.63) is 47.8 Å². The first kappa shape index (κ1) is 14.2. The smallest absolute Gasteiger partial charge is 0.303 e. The minimum atomic E-state index is -0.911. The normalized spacial score (nSPS) is 12.3. The number of aliphatic carboxylic acids is 1. The Balaban J connectivity index is 2.22. The number of benzene rings is 1. The monoisotopic (exact) mass is 277 g/mol. The van der Waals surface area contributed by atoms with E-state index in [0.29, 0.717) is 17.1 Å². The van der Waals surface area contributed by atoms with Gasteiger partial charge >= 0.3 is 5.97 Å². The number of aromatic nitrogens is 2. The number of carboxylic acids is 1. The lowest BCUT2D eigenvalue weighted by molar-refractivity contribution is -0.137. The predicted octanol–water partition coefficient (Wildman–Crippen LogP) is 2.18. The molecule has 1 unspecified atom stereocenters. The van der Waals surface area contributed by atoms with E-state index in [2.05, 4.69) is 4.98 Å². The van der Waals surface area contributed by atoms with Crippen LogP contribution in [-0.4, -0.2) is 20.6 Å². The molecule has 0 aliphatic carbocycles. The molecule has 5 nitrogen and oxygen atoms in total. The number of carbonyl (C=O) groups is 1. The number of imidazole rings is 1. The van der Waals surface area contributed by atoms with Crippen LogP contribution in [0, 0.1) is 12.7 Å². The second-order valence-corrected chi connectivity index (χ2v) is 4.59. The van der Waals surface area contributed by atoms with Gasteiger partial charge in [0.2, 0.25) is 0 Å². The maximum atomic E-state index is 14.1. The molecule has 1 aromatic heterocycles. The van der Waals surface area contributed by atoms with Crippen molar-refractivity contribution in [2.24, 2.45) is 5.73 Å². The average molecular weight is 277 g/mol. The lowest BCUT2D eigenvalue weighted by Gasteiger charge is -2.13. The summed E-state index contributed by atoms with van der Waals surface area (Å²) in [5, 5.41) is 8.62. The third kappa shape index (κ3) is 3.03. The number of hydrogen-bond donors (Lipinski definition) is 2. The van der Waals surface area contributed by atoms with Crippen LogP contribution in [0.15, 0.2) is 30.6 Å². The maximum absolute atomic E-state index is 14.1. The molecule has 0 aliphatic rings. The third-order valence-electron chi connectivity index (χ3n) is 3.15. The highest BCUT2D eigenvalue weighted by Gasteiger charge is 2.13. The van der Waals surface area contributed by atoms with Crippen LogP contribution in [-0.2, 0) is 4.79 Å². The highest BCUT2D eigenvalue weighted by molar-refractivity contribution is 5.66. The van der Waals surface area contributed by atoms with E-state index in [9.17, 15) is 9.18 Å². The van der Waals surface area contributed by atoms with Crippen LogP contribution in [0.1, 0.15) is 30.3 Å². The van der Waals surface area contributed by atoms with Crippen molar-refractivity contribution in [1.29, 1.82) is 0 Å². The summed E-state index contributed by atoms with van der Waals surface area (Å²) in [6.07, 6.45) is 3.52. The Hall–Kier alpha value is -2.21. The fraction of sp³-hybridized carbons (Fsp3) is 0.286. The van der Waals surface area contributed by atoms with Crippen molar-refractivity contribution >= 4 is 5.97 Å². The molecule has 0 radical (unpaired) electrons. The SMILES string of the molecule is Cc1nccn1-c1ccc(C(N)CCC(=O)O)cc1F. The molecule has 0 saturated heterocycles. The molecule has 3 N–H and O–H groups in total. The van der Waals surface area contributed by atoms with Crippen molar-refractivity contribution in [3.8, 4) is 5.69 Å². The van der Waals surface area contributed by atoms with Gasteiger partial charge in [-0.15, -0.1) is 0 Å². The Kier molecular flexibility index (Phi) is 4.14. The molecule has 0 saturated carbocycles. The van der Waals surface area contributed by atoms with Crippen LogP contribution in [0.25, 0.3) is 5.69 Å². The molecule has 0 fully saturated rings. The zero-order valence-electron chi connectivity index (χ0n) is 11.1. The molecule has 0 amide bonds. The first-order valence-electron chi connectivity index (χ1n) is 6.26. The lowest BCUT2D eigenvalue weighted by Crippen LogP contribution is -2.13. The zero-order valence-corrected chi connectivity index (χ0v) is 11.1. The van der Waals surface area contributed by atoms with E-state index in [-0.39, 0.29) is 12.8 Å². The Bertz CT molecular complexity index is 625. The third-order valence-corrected chi connectivity index (χ3v) is 3.15. The molecule has 2 rings (SSSR count). The summed E-state index contributed by atoms with van der Waals surface area (Å²) in [5.74, 6) is -0.632. The number of carboxylic acid groups (broad SMARTS) is 1. The highest BCUT2D eigenvalue weighted by atomic mass is 19.1. The lowest BCUT2D eigenvalue weighted by atomic mass is 10.0. The summed E-state index contributed by atoms with van der Waals surface area (Å²) in [7, 11) is 0. The van der Waals surface area contributed by atoms with E-state index in [4.69, 9.17) is 10.8 Å². The number of nitrogens with two attached hydrogens (primary N) is 1. The molecule has 0 bridgehead atoms. The van der Waals surface area contributed by atoms with Crippen molar-refractivity contribution in [3.63, 3.8) is 0 Å². The van der Waals surface area contributed by atoms with E-state index < -0.39 is 17.8 Å². The molecule has 0 spiro atoms. The van der Waals surface area contributed by atoms with Crippen LogP contribution in [0.5, 0.6) is 0 Å². The zero-order chi connectivity index (χ0) is 14.7. The van der Waals surface area contributed by atoms with Gasteiger partial charge < -0.3 is 15.4 Å². The van der Waals surface area contributed by atoms with E-state index in [0.717, 1.165) is 0 Å². The van der Waals surface area contributed by atoms with Gasteiger partial charge in [0.15, 0.2) is 0 Å². The highest BCUT2D eigenvalue weighted by Crippen LogP contribution is 2.22. The molecule has 1 heterocycles. The first-order chi connectivity index (χ1) is 9.49. The molecule has 0 aliphatic heterocycles. The van der Waals surface area contributed by atoms with E-state index in [1.165, 1.54) is 6.07 Å². The second kappa shape index (κ2) is 5.83. The quantitative estimate of drug-likeness (QED) is 0.877. The van der Waals surface area contributed by atoms with E-state index >= 15 is 0 Å². The average Bonchev–Trinajstić information content (AvgIpc) is 2.82. The fourth-order valence-electron chi connectivity index (χ4n) is 2.03. The second-order valence-electron chi connectivity index (χ2n) is 4.59. The molecule has 20 heavy (non-hydrogen) atoms. The Morgan fingerprint density at radius 2 is 2.30 bits per heavy atom. The Morgan fingerprint density at radius 3 is 2.85 bits per heavy atom. The van der Waals surface area contributed by atoms with Crippen LogP contribution in [0.3, 0.4) is 0 Å². The minimum absolute atomic E-state index is 0.0365. The van der Waals surface area contributed by atoms with Crippen LogP contribution < -0.4 is 5.73 Å². The minimum Gasteiger partial charge on any atom is -0.481 e. The van der Waals surface area contributed by atoms with Gasteiger partial charge in [-0.2, -0.15) is 0 Å². The number of rotatable bonds is 5. The summed E-state index contributed by atoms with van der Waals surface area (Å²) >= 11 is 0. The molecule has 106 valence electrons. The van der Waals surface area contributed by atoms with Gasteiger partial charge in [-0.1, -0.05) is 6.07 Å². The van der Waals surface area contributed by atoms with Gasteiger partial charge in [0.1, 0.15) is 11.6 Å². The number of hydrogen-bond acceptors (Lipinski definition) is 3. The van der Waals surface area contributed by atoms with Gasteiger partial charge in [-0.3, -0.25) is 4.79 Å². The summed E-state index contributed by atoms with van der Waals surface area (Å²) in [5.41, 5.74) is 6.85. The predicted molar refractivity (Wildman–Crippen MR) is 72.1 cm³/mol. The largest absolute Gasteiger partial charge is 0.481 e. The number of halogens is 1. The maximum Gasteiger partial charge on any atom is 0.303 e. The molecule has 1 aromatic carbocycles. The van der Waals surface area contributed by atoms with Gasteiger partial charge in [0.25, 0.3) is 0 Å². The first-order valence-corrected chi connectivity index (χ1v) is 6.26. The molecular weight excluding hydrogens is 261 g/mol. The standard InChI is InChI=1S/C14H16FN3O2/c1-9-17-6-7-18(9)13-4-2-10(8-11(13)15)12(16)3-5-14(19)20/h2,4,6-8,12H,3,5,16H2,1H3,(H,19,20). The Labute approximate surface area is 115 Å². The van der Waals surface area contributed by atoms with Crippen LogP contribution in [0.4, 0.5) is 4.39 Å². The van der Waals surface area contributed by atoms with Gasteiger partial charge in [0, 0.05) is 24.9 Å². The molecule has 1 atom stereocenters. The summed E-state index contributed by atoms with van der Waals surface area (Å²) in [6.45, 7) is 1.78. The molecule has 2 aromatic rings. The van der Waals surface area contributed by atoms with Crippen molar-refractivity contribution in [1.82, 2.24) is 9.55 Å². The van der Waals surface area contributed by atoms with Gasteiger partial charge in [-0.05, 0) is 31.0 Å². The van der Waals surface area contributed by atoms with Crippen molar-refractivity contribution in [2.45, 2.75) is 25.8 Å². The van der Waals surface area contributed by atoms with Crippen molar-refractivity contribution in [2.75, 3.05) is 0 Å². The topological polar surface area (TPSA) is 81.1 Å². The molecule has 6 heteroatoms. The summed E-state index contributed by atoms with van der Waals surface area (Å²) < 4.78 is 15.8. The Morgan fingerprint density at radius 1 is 1.55 bits per heavy atom. The van der Waals surface area contributed by atoms with Crippen LogP contribution in [0.2, 0.25) is 0 Å². The molecular formula is C14H16FN3O2. The van der Waals surface area contributed by atoms with E-state index in [1.54, 1.807) is 36.0 Å². The van der Waals surface area contributed by atoms with Crippen molar-refractivity contribution < 1.29 is 14.3 Å². The number of nitrogens with zero attached hydrogens (tertiary/aromatic N) is 2. The van der Waals surface area contributed by atoms with Gasteiger partial charge in [-0.25, -0.2) is 9.37 Å². The van der Waals surface area contributed by atoms with E-state index in [1.807, 2.05) is 0 Å². The summed E-state index contributed by atoms with van der Waals surface area (Å²) in [4.78, 5) is 14.6. The summed E-state index contributed by atoms with van der Waals surface area (Å²) in [6, 6.07) is 4.20. The van der Waals surface area contributed by atoms with Gasteiger partial charge in [0.05, 0.1) is 5.69 Å². The van der Waals surface area contributed by atoms with Crippen LogP contribution >= 0.6 is 0 Å².